The number of methoxy groups -OCH3 is 1. The average Bonchev–Trinajstić information content (AvgIpc) is 3.11. The molecule has 3 heterocycles. The van der Waals surface area contributed by atoms with Gasteiger partial charge in [-0.3, -0.25) is 15.0 Å². The van der Waals surface area contributed by atoms with Crippen LogP contribution in [0.2, 0.25) is 0 Å². The number of piperidine rings is 1. The molecule has 2 aromatic heterocycles. The molecule has 0 radical (unpaired) electrons. The van der Waals surface area contributed by atoms with Gasteiger partial charge in [0, 0.05) is 36.1 Å². The van der Waals surface area contributed by atoms with Crippen molar-refractivity contribution in [3.8, 4) is 17.0 Å². The number of pyridine rings is 1. The molecule has 1 aliphatic heterocycles. The summed E-state index contributed by atoms with van der Waals surface area (Å²) in [6.45, 7) is 3.98. The SMILES string of the molecule is CCC1CCCCN1Cc1c(-c2ccc(OC)c([N+](=O)[O-])c2)nc2ccc(N)cn12. The largest absolute Gasteiger partial charge is 0.490 e. The van der Waals surface area contributed by atoms with E-state index in [0.29, 0.717) is 17.3 Å². The molecule has 8 heteroatoms. The molecule has 30 heavy (non-hydrogen) atoms. The third-order valence-corrected chi connectivity index (χ3v) is 5.96. The summed E-state index contributed by atoms with van der Waals surface area (Å²) in [6, 6.07) is 9.24. The van der Waals surface area contributed by atoms with Crippen LogP contribution in [0, 0.1) is 10.1 Å². The second-order valence-corrected chi connectivity index (χ2v) is 7.77. The number of hydrogen-bond acceptors (Lipinski definition) is 6. The van der Waals surface area contributed by atoms with Crippen molar-refractivity contribution in [3.63, 3.8) is 0 Å². The smallest absolute Gasteiger partial charge is 0.311 e. The van der Waals surface area contributed by atoms with Gasteiger partial charge in [0.15, 0.2) is 5.75 Å². The molecule has 2 N–H and O–H groups in total. The van der Waals surface area contributed by atoms with E-state index in [4.69, 9.17) is 15.5 Å². The number of ether oxygens (including phenoxy) is 1. The van der Waals surface area contributed by atoms with Crippen molar-refractivity contribution in [2.24, 2.45) is 0 Å². The lowest BCUT2D eigenvalue weighted by Gasteiger charge is -2.35. The zero-order chi connectivity index (χ0) is 21.3. The van der Waals surface area contributed by atoms with Gasteiger partial charge in [-0.25, -0.2) is 4.98 Å². The van der Waals surface area contributed by atoms with Gasteiger partial charge >= 0.3 is 5.69 Å². The van der Waals surface area contributed by atoms with Crippen LogP contribution in [0.1, 0.15) is 38.3 Å². The van der Waals surface area contributed by atoms with E-state index in [2.05, 4.69) is 11.8 Å². The number of nitrogen functional groups attached to an aromatic ring is 1. The normalized spacial score (nSPS) is 17.3. The van der Waals surface area contributed by atoms with Gasteiger partial charge in [0.2, 0.25) is 0 Å². The van der Waals surface area contributed by atoms with E-state index in [1.807, 2.05) is 28.8 Å². The molecule has 3 aromatic rings. The van der Waals surface area contributed by atoms with E-state index in [1.54, 1.807) is 12.1 Å². The first-order valence-corrected chi connectivity index (χ1v) is 10.3. The molecule has 0 saturated carbocycles. The molecule has 0 spiro atoms. The number of benzene rings is 1. The Bertz CT molecular complexity index is 1080. The Balaban J connectivity index is 1.85. The summed E-state index contributed by atoms with van der Waals surface area (Å²) < 4.78 is 7.18. The second kappa shape index (κ2) is 8.31. The minimum atomic E-state index is -0.423. The number of nitrogens with two attached hydrogens (primary N) is 1. The lowest BCUT2D eigenvalue weighted by molar-refractivity contribution is -0.385. The third kappa shape index (κ3) is 3.70. The van der Waals surface area contributed by atoms with Gasteiger partial charge in [0.1, 0.15) is 5.65 Å². The molecule has 1 atom stereocenters. The van der Waals surface area contributed by atoms with Gasteiger partial charge in [-0.1, -0.05) is 13.3 Å². The van der Waals surface area contributed by atoms with E-state index < -0.39 is 4.92 Å². The van der Waals surface area contributed by atoms with Crippen LogP contribution in [-0.2, 0) is 6.54 Å². The van der Waals surface area contributed by atoms with Gasteiger partial charge in [-0.2, -0.15) is 0 Å². The van der Waals surface area contributed by atoms with Crippen LogP contribution in [0.5, 0.6) is 5.75 Å². The predicted octanol–water partition coefficient (Wildman–Crippen LogP) is 4.26. The van der Waals surface area contributed by atoms with E-state index in [9.17, 15) is 10.1 Å². The molecule has 0 bridgehead atoms. The van der Waals surface area contributed by atoms with Gasteiger partial charge in [0.05, 0.1) is 23.4 Å². The predicted molar refractivity (Wildman–Crippen MR) is 117 cm³/mol. The first-order valence-electron chi connectivity index (χ1n) is 10.3. The maximum atomic E-state index is 11.5. The fourth-order valence-electron chi connectivity index (χ4n) is 4.39. The Morgan fingerprint density at radius 2 is 2.13 bits per heavy atom. The molecular weight excluding hydrogens is 382 g/mol. The summed E-state index contributed by atoms with van der Waals surface area (Å²) in [7, 11) is 1.43. The molecule has 8 nitrogen and oxygen atoms in total. The van der Waals surface area contributed by atoms with Crippen LogP contribution in [0.3, 0.4) is 0 Å². The summed E-state index contributed by atoms with van der Waals surface area (Å²) in [4.78, 5) is 18.4. The van der Waals surface area contributed by atoms with Crippen LogP contribution in [0.25, 0.3) is 16.9 Å². The van der Waals surface area contributed by atoms with Gasteiger partial charge < -0.3 is 14.9 Å². The van der Waals surface area contributed by atoms with Crippen LogP contribution < -0.4 is 10.5 Å². The average molecular weight is 409 g/mol. The van der Waals surface area contributed by atoms with Crippen LogP contribution in [0.4, 0.5) is 11.4 Å². The van der Waals surface area contributed by atoms with Gasteiger partial charge in [-0.05, 0) is 50.1 Å². The number of likely N-dealkylation sites (tertiary alicyclic amines) is 1. The Kier molecular flexibility index (Phi) is 5.59. The molecule has 1 aliphatic rings. The molecule has 0 amide bonds. The highest BCUT2D eigenvalue weighted by Gasteiger charge is 2.25. The highest BCUT2D eigenvalue weighted by molar-refractivity contribution is 5.71. The Labute approximate surface area is 175 Å². The summed E-state index contributed by atoms with van der Waals surface area (Å²) in [5, 5.41) is 11.5. The number of fused-ring (bicyclic) bond motifs is 1. The fourth-order valence-corrected chi connectivity index (χ4v) is 4.39. The topological polar surface area (TPSA) is 98.9 Å². The first kappa shape index (κ1) is 20.2. The van der Waals surface area contributed by atoms with E-state index >= 15 is 0 Å². The van der Waals surface area contributed by atoms with E-state index in [-0.39, 0.29) is 11.4 Å². The van der Waals surface area contributed by atoms with Crippen molar-refractivity contribution in [3.05, 3.63) is 52.3 Å². The van der Waals surface area contributed by atoms with Crippen LogP contribution >= 0.6 is 0 Å². The lowest BCUT2D eigenvalue weighted by Crippen LogP contribution is -2.38. The number of hydrogen-bond donors (Lipinski definition) is 1. The Hall–Kier alpha value is -3.13. The maximum absolute atomic E-state index is 11.5. The minimum Gasteiger partial charge on any atom is -0.490 e. The van der Waals surface area contributed by atoms with Crippen molar-refractivity contribution in [2.45, 2.75) is 45.2 Å². The Morgan fingerprint density at radius 1 is 1.30 bits per heavy atom. The number of nitrogens with zero attached hydrogens (tertiary/aromatic N) is 4. The number of imidazole rings is 1. The van der Waals surface area contributed by atoms with Crippen molar-refractivity contribution < 1.29 is 9.66 Å². The molecule has 1 unspecified atom stereocenters. The number of nitro groups is 1. The summed E-state index contributed by atoms with van der Waals surface area (Å²) in [5.41, 5.74) is 9.86. The number of aromatic nitrogens is 2. The fraction of sp³-hybridized carbons (Fsp3) is 0.409. The van der Waals surface area contributed by atoms with Crippen LogP contribution in [-0.4, -0.2) is 38.9 Å². The third-order valence-electron chi connectivity index (χ3n) is 5.96. The molecule has 4 rings (SSSR count). The summed E-state index contributed by atoms with van der Waals surface area (Å²) >= 11 is 0. The number of anilines is 1. The zero-order valence-electron chi connectivity index (χ0n) is 17.4. The Morgan fingerprint density at radius 3 is 2.87 bits per heavy atom. The molecule has 0 aliphatic carbocycles. The number of nitro benzene ring substituents is 1. The maximum Gasteiger partial charge on any atom is 0.311 e. The van der Waals surface area contributed by atoms with Gasteiger partial charge in [-0.15, -0.1) is 0 Å². The molecule has 1 saturated heterocycles. The lowest BCUT2D eigenvalue weighted by atomic mass is 9.99. The monoisotopic (exact) mass is 409 g/mol. The molecular formula is C22H27N5O3. The van der Waals surface area contributed by atoms with Crippen molar-refractivity contribution in [2.75, 3.05) is 19.4 Å². The van der Waals surface area contributed by atoms with Gasteiger partial charge in [0.25, 0.3) is 0 Å². The summed E-state index contributed by atoms with van der Waals surface area (Å²) in [6.07, 6.45) is 6.61. The molecule has 158 valence electrons. The number of rotatable bonds is 6. The van der Waals surface area contributed by atoms with Crippen LogP contribution in [0.15, 0.2) is 36.5 Å². The van der Waals surface area contributed by atoms with Crippen molar-refractivity contribution in [1.29, 1.82) is 0 Å². The minimum absolute atomic E-state index is 0.0677. The second-order valence-electron chi connectivity index (χ2n) is 7.77. The van der Waals surface area contributed by atoms with E-state index in [1.165, 1.54) is 26.4 Å². The van der Waals surface area contributed by atoms with Crippen molar-refractivity contribution in [1.82, 2.24) is 14.3 Å². The summed E-state index contributed by atoms with van der Waals surface area (Å²) in [5.74, 6) is 0.236. The highest BCUT2D eigenvalue weighted by Crippen LogP contribution is 2.35. The quantitative estimate of drug-likeness (QED) is 0.482. The highest BCUT2D eigenvalue weighted by atomic mass is 16.6. The first-order chi connectivity index (χ1) is 14.5. The molecule has 1 aromatic carbocycles. The molecule has 1 fully saturated rings. The zero-order valence-corrected chi connectivity index (χ0v) is 17.4. The van der Waals surface area contributed by atoms with Crippen molar-refractivity contribution >= 4 is 17.0 Å². The standard InChI is InChI=1S/C22H27N5O3/c1-3-17-6-4-5-11-25(17)14-19-22(24-21-10-8-16(23)13-26(19)21)15-7-9-20(30-2)18(12-15)27(28)29/h7-10,12-13,17H,3-6,11,14,23H2,1-2H3. The van der Waals surface area contributed by atoms with E-state index in [0.717, 1.165) is 36.5 Å².